The lowest BCUT2D eigenvalue weighted by Crippen LogP contribution is -2.38. The zero-order chi connectivity index (χ0) is 17.7. The van der Waals surface area contributed by atoms with Crippen molar-refractivity contribution in [2.75, 3.05) is 10.6 Å². The molecule has 2 rings (SSSR count). The summed E-state index contributed by atoms with van der Waals surface area (Å²) in [5.74, 6) is -0.567. The topological polar surface area (TPSA) is 83.8 Å². The predicted molar refractivity (Wildman–Crippen MR) is 96.0 cm³/mol. The minimum absolute atomic E-state index is 0. The van der Waals surface area contributed by atoms with Gasteiger partial charge in [0, 0.05) is 16.4 Å². The maximum absolute atomic E-state index is 12.6. The van der Waals surface area contributed by atoms with Crippen LogP contribution >= 0.6 is 24.0 Å². The summed E-state index contributed by atoms with van der Waals surface area (Å²) in [5.41, 5.74) is -0.167. The third kappa shape index (κ3) is 6.52. The lowest BCUT2D eigenvalue weighted by molar-refractivity contribution is -0.137. The molecule has 0 saturated heterocycles. The fraction of sp³-hybridized carbons (Fsp3) is 0.0667. The number of hydrogen-bond acceptors (Lipinski definition) is 2. The summed E-state index contributed by atoms with van der Waals surface area (Å²) in [5, 5.41) is 23.4. The number of alkyl halides is 3. The standard InChI is InChI=1S/C15H13ClF3N5.ClH/c16-10-4-6-11(7-5-10)22-13(20)24-14(21)23-12-3-1-2-9(8-12)15(17,18)19;/h1-8H,(H5,20,21,22,23,24);1H. The minimum Gasteiger partial charge on any atom is -0.326 e. The van der Waals surface area contributed by atoms with Crippen molar-refractivity contribution in [2.45, 2.75) is 6.18 Å². The first kappa shape index (κ1) is 20.6. The molecule has 0 unspecified atom stereocenters. The van der Waals surface area contributed by atoms with Crippen LogP contribution in [0.3, 0.4) is 0 Å². The van der Waals surface area contributed by atoms with E-state index in [0.29, 0.717) is 10.7 Å². The van der Waals surface area contributed by atoms with Gasteiger partial charge in [0.1, 0.15) is 0 Å². The van der Waals surface area contributed by atoms with Crippen molar-refractivity contribution >= 4 is 47.3 Å². The van der Waals surface area contributed by atoms with Gasteiger partial charge in [-0.15, -0.1) is 12.4 Å². The summed E-state index contributed by atoms with van der Waals surface area (Å²) >= 11 is 5.75. The smallest absolute Gasteiger partial charge is 0.326 e. The van der Waals surface area contributed by atoms with Crippen LogP contribution in [0.5, 0.6) is 0 Å². The van der Waals surface area contributed by atoms with Gasteiger partial charge in [-0.25, -0.2) is 0 Å². The summed E-state index contributed by atoms with van der Waals surface area (Å²) in [4.78, 5) is 0. The van der Waals surface area contributed by atoms with Gasteiger partial charge < -0.3 is 10.6 Å². The minimum atomic E-state index is -4.46. The van der Waals surface area contributed by atoms with Crippen molar-refractivity contribution in [3.63, 3.8) is 0 Å². The number of guanidine groups is 2. The maximum atomic E-state index is 12.6. The second-order valence-corrected chi connectivity index (χ2v) is 5.15. The first-order chi connectivity index (χ1) is 11.2. The number of hydrogen-bond donors (Lipinski definition) is 5. The normalized spacial score (nSPS) is 10.4. The van der Waals surface area contributed by atoms with Crippen LogP contribution < -0.4 is 16.0 Å². The van der Waals surface area contributed by atoms with Gasteiger partial charge in [-0.2, -0.15) is 13.2 Å². The van der Waals surface area contributed by atoms with Crippen LogP contribution in [0.2, 0.25) is 5.02 Å². The summed E-state index contributed by atoms with van der Waals surface area (Å²) < 4.78 is 37.9. The molecule has 0 aliphatic carbocycles. The van der Waals surface area contributed by atoms with Gasteiger partial charge in [0.25, 0.3) is 0 Å². The Bertz CT molecular complexity index is 748. The fourth-order valence-electron chi connectivity index (χ4n) is 1.78. The molecule has 2 aromatic rings. The second kappa shape index (κ2) is 8.59. The molecule has 0 aromatic heterocycles. The average Bonchev–Trinajstić information content (AvgIpc) is 2.49. The predicted octanol–water partition coefficient (Wildman–Crippen LogP) is 4.76. The molecule has 10 heteroatoms. The van der Waals surface area contributed by atoms with E-state index in [0.717, 1.165) is 12.1 Å². The molecule has 0 fully saturated rings. The Hall–Kier alpha value is -2.45. The highest BCUT2D eigenvalue weighted by atomic mass is 35.5. The van der Waals surface area contributed by atoms with Crippen LogP contribution in [0.1, 0.15) is 5.56 Å². The number of nitrogens with one attached hydrogen (secondary N) is 5. The highest BCUT2D eigenvalue weighted by molar-refractivity contribution is 6.30. The molecule has 0 heterocycles. The maximum Gasteiger partial charge on any atom is 0.416 e. The molecule has 0 saturated carbocycles. The van der Waals surface area contributed by atoms with Crippen molar-refractivity contribution in [1.82, 2.24) is 5.32 Å². The van der Waals surface area contributed by atoms with Gasteiger partial charge in [0.15, 0.2) is 11.9 Å². The third-order valence-electron chi connectivity index (χ3n) is 2.82. The molecule has 25 heavy (non-hydrogen) atoms. The lowest BCUT2D eigenvalue weighted by Gasteiger charge is -2.14. The molecule has 134 valence electrons. The molecule has 0 aliphatic rings. The number of halogens is 5. The molecular weight excluding hydrogens is 378 g/mol. The number of rotatable bonds is 2. The van der Waals surface area contributed by atoms with E-state index in [2.05, 4.69) is 16.0 Å². The second-order valence-electron chi connectivity index (χ2n) is 4.71. The van der Waals surface area contributed by atoms with E-state index in [1.54, 1.807) is 24.3 Å². The van der Waals surface area contributed by atoms with Crippen LogP contribution in [-0.2, 0) is 6.18 Å². The first-order valence-corrected chi connectivity index (χ1v) is 7.03. The Balaban J connectivity index is 0.00000312. The Morgan fingerprint density at radius 3 is 2.00 bits per heavy atom. The van der Waals surface area contributed by atoms with Crippen molar-refractivity contribution in [2.24, 2.45) is 0 Å². The number of benzene rings is 2. The van der Waals surface area contributed by atoms with E-state index in [-0.39, 0.29) is 30.0 Å². The Morgan fingerprint density at radius 1 is 0.880 bits per heavy atom. The highest BCUT2D eigenvalue weighted by Gasteiger charge is 2.30. The van der Waals surface area contributed by atoms with E-state index < -0.39 is 11.7 Å². The molecule has 5 N–H and O–H groups in total. The fourth-order valence-corrected chi connectivity index (χ4v) is 1.91. The molecular formula is C15H14Cl2F3N5. The molecule has 0 amide bonds. The molecule has 0 bridgehead atoms. The van der Waals surface area contributed by atoms with Gasteiger partial charge in [-0.1, -0.05) is 17.7 Å². The number of anilines is 2. The average molecular weight is 392 g/mol. The molecule has 2 aromatic carbocycles. The molecule has 0 atom stereocenters. The van der Waals surface area contributed by atoms with E-state index in [1.807, 2.05) is 0 Å². The summed E-state index contributed by atoms with van der Waals surface area (Å²) in [6, 6.07) is 11.0. The van der Waals surface area contributed by atoms with E-state index >= 15 is 0 Å². The van der Waals surface area contributed by atoms with Crippen LogP contribution in [0.4, 0.5) is 24.5 Å². The van der Waals surface area contributed by atoms with Gasteiger partial charge in [0.05, 0.1) is 5.56 Å². The van der Waals surface area contributed by atoms with Gasteiger partial charge in [-0.05, 0) is 42.5 Å². The van der Waals surface area contributed by atoms with Crippen molar-refractivity contribution in [3.05, 3.63) is 59.1 Å². The van der Waals surface area contributed by atoms with E-state index in [9.17, 15) is 13.2 Å². The Morgan fingerprint density at radius 2 is 1.44 bits per heavy atom. The zero-order valence-electron chi connectivity index (χ0n) is 12.5. The van der Waals surface area contributed by atoms with Gasteiger partial charge in [-0.3, -0.25) is 16.1 Å². The van der Waals surface area contributed by atoms with Crippen LogP contribution in [0.15, 0.2) is 48.5 Å². The molecule has 0 radical (unpaired) electrons. The molecule has 0 aliphatic heterocycles. The van der Waals surface area contributed by atoms with E-state index in [1.165, 1.54) is 12.1 Å². The Labute approximate surface area is 153 Å². The summed E-state index contributed by atoms with van der Waals surface area (Å²) in [6.07, 6.45) is -4.46. The molecule has 5 nitrogen and oxygen atoms in total. The van der Waals surface area contributed by atoms with Crippen LogP contribution in [-0.4, -0.2) is 11.9 Å². The summed E-state index contributed by atoms with van der Waals surface area (Å²) in [7, 11) is 0. The molecule has 0 spiro atoms. The highest BCUT2D eigenvalue weighted by Crippen LogP contribution is 2.30. The first-order valence-electron chi connectivity index (χ1n) is 6.65. The SMILES string of the molecule is Cl.N=C(NC(=N)Nc1cccc(C(F)(F)F)c1)Nc1ccc(Cl)cc1. The van der Waals surface area contributed by atoms with Gasteiger partial charge in [0.2, 0.25) is 0 Å². The summed E-state index contributed by atoms with van der Waals surface area (Å²) in [6.45, 7) is 0. The monoisotopic (exact) mass is 391 g/mol. The largest absolute Gasteiger partial charge is 0.416 e. The Kier molecular flexibility index (Phi) is 7.08. The quantitative estimate of drug-likeness (QED) is 0.377. The van der Waals surface area contributed by atoms with E-state index in [4.69, 9.17) is 22.4 Å². The van der Waals surface area contributed by atoms with Crippen molar-refractivity contribution in [3.8, 4) is 0 Å². The van der Waals surface area contributed by atoms with Crippen LogP contribution in [0, 0.1) is 10.8 Å². The van der Waals surface area contributed by atoms with Crippen molar-refractivity contribution in [1.29, 1.82) is 10.8 Å². The third-order valence-corrected chi connectivity index (χ3v) is 3.07. The lowest BCUT2D eigenvalue weighted by atomic mass is 10.2. The zero-order valence-corrected chi connectivity index (χ0v) is 14.1. The van der Waals surface area contributed by atoms with Crippen LogP contribution in [0.25, 0.3) is 0 Å². The van der Waals surface area contributed by atoms with Gasteiger partial charge >= 0.3 is 6.18 Å². The van der Waals surface area contributed by atoms with Crippen molar-refractivity contribution < 1.29 is 13.2 Å².